The fourth-order valence-corrected chi connectivity index (χ4v) is 6.13. The van der Waals surface area contributed by atoms with E-state index in [1.165, 1.54) is 31.4 Å². The van der Waals surface area contributed by atoms with E-state index in [9.17, 15) is 18.8 Å². The van der Waals surface area contributed by atoms with E-state index < -0.39 is 18.5 Å². The van der Waals surface area contributed by atoms with Crippen LogP contribution in [0, 0.1) is 29.0 Å². The van der Waals surface area contributed by atoms with Crippen LogP contribution in [0.5, 0.6) is 0 Å². The van der Waals surface area contributed by atoms with E-state index in [-0.39, 0.29) is 30.2 Å². The molecule has 0 radical (unpaired) electrons. The molecule has 0 spiro atoms. The Bertz CT molecular complexity index is 773. The number of carbonyl (C=O) groups excluding carboxylic acids is 3. The first kappa shape index (κ1) is 20.8. The summed E-state index contributed by atoms with van der Waals surface area (Å²) in [4.78, 5) is 36.1. The first-order chi connectivity index (χ1) is 14.4. The van der Waals surface area contributed by atoms with Crippen molar-refractivity contribution in [3.63, 3.8) is 0 Å². The molecule has 2 N–H and O–H groups in total. The lowest BCUT2D eigenvalue weighted by atomic mass is 9.49. The highest BCUT2D eigenvalue weighted by Gasteiger charge is 2.51. The van der Waals surface area contributed by atoms with Crippen molar-refractivity contribution >= 4 is 17.8 Å². The molecule has 0 aromatic heterocycles. The molecule has 162 valence electrons. The quantitative estimate of drug-likeness (QED) is 0.638. The van der Waals surface area contributed by atoms with Gasteiger partial charge in [-0.2, -0.15) is 0 Å². The first-order valence-corrected chi connectivity index (χ1v) is 10.8. The summed E-state index contributed by atoms with van der Waals surface area (Å²) in [5, 5.41) is 5.26. The van der Waals surface area contributed by atoms with E-state index in [1.54, 1.807) is 12.1 Å². The first-order valence-electron chi connectivity index (χ1n) is 10.8. The molecule has 4 bridgehead atoms. The van der Waals surface area contributed by atoms with Crippen molar-refractivity contribution in [2.24, 2.45) is 23.2 Å². The number of halogens is 1. The van der Waals surface area contributed by atoms with E-state index >= 15 is 0 Å². The molecule has 4 fully saturated rings. The van der Waals surface area contributed by atoms with Crippen molar-refractivity contribution in [2.45, 2.75) is 51.5 Å². The van der Waals surface area contributed by atoms with Gasteiger partial charge in [0, 0.05) is 13.0 Å². The summed E-state index contributed by atoms with van der Waals surface area (Å²) in [7, 11) is 0. The molecular weight excluding hydrogens is 387 g/mol. The average Bonchev–Trinajstić information content (AvgIpc) is 2.69. The summed E-state index contributed by atoms with van der Waals surface area (Å²) in [6.45, 7) is -0.417. The maximum Gasteiger partial charge on any atom is 0.325 e. The number of carbonyl (C=O) groups is 3. The summed E-state index contributed by atoms with van der Waals surface area (Å²) < 4.78 is 17.8. The molecule has 1 aromatic rings. The third kappa shape index (κ3) is 5.18. The lowest BCUT2D eigenvalue weighted by molar-refractivity contribution is -0.148. The largest absolute Gasteiger partial charge is 0.454 e. The van der Waals surface area contributed by atoms with Crippen molar-refractivity contribution in [3.8, 4) is 0 Å². The van der Waals surface area contributed by atoms with Gasteiger partial charge in [-0.05, 0) is 79.4 Å². The van der Waals surface area contributed by atoms with Crippen LogP contribution < -0.4 is 10.6 Å². The maximum atomic E-state index is 12.9. The Morgan fingerprint density at radius 3 is 2.13 bits per heavy atom. The Morgan fingerprint density at radius 2 is 1.53 bits per heavy atom. The van der Waals surface area contributed by atoms with Gasteiger partial charge in [0.2, 0.25) is 5.91 Å². The van der Waals surface area contributed by atoms with Crippen LogP contribution in [0.1, 0.15) is 50.5 Å². The van der Waals surface area contributed by atoms with Crippen LogP contribution in [0.2, 0.25) is 0 Å². The van der Waals surface area contributed by atoms with Gasteiger partial charge in [-0.1, -0.05) is 12.1 Å². The number of ether oxygens (including phenoxy) is 1. The Kier molecular flexibility index (Phi) is 6.06. The van der Waals surface area contributed by atoms with Crippen molar-refractivity contribution in [3.05, 3.63) is 35.6 Å². The minimum absolute atomic E-state index is 0.102. The van der Waals surface area contributed by atoms with Gasteiger partial charge in [0.1, 0.15) is 12.4 Å². The SMILES string of the molecule is O=C(COC(=O)CNC(=O)CC12CC3CC(CC(C3)C1)C2)NCc1ccc(F)cc1. The molecule has 2 amide bonds. The monoisotopic (exact) mass is 416 g/mol. The zero-order valence-corrected chi connectivity index (χ0v) is 17.1. The average molecular weight is 416 g/mol. The number of hydrogen-bond acceptors (Lipinski definition) is 4. The minimum atomic E-state index is -0.634. The van der Waals surface area contributed by atoms with Crippen LogP contribution in [-0.2, 0) is 25.7 Å². The molecule has 4 aliphatic rings. The van der Waals surface area contributed by atoms with E-state index in [2.05, 4.69) is 10.6 Å². The van der Waals surface area contributed by atoms with Gasteiger partial charge in [0.15, 0.2) is 6.61 Å². The zero-order chi connectivity index (χ0) is 21.1. The molecular formula is C23H29FN2O4. The van der Waals surface area contributed by atoms with E-state index in [1.807, 2.05) is 0 Å². The van der Waals surface area contributed by atoms with E-state index in [0.717, 1.165) is 42.6 Å². The van der Waals surface area contributed by atoms with Crippen LogP contribution in [0.4, 0.5) is 4.39 Å². The topological polar surface area (TPSA) is 84.5 Å². The Labute approximate surface area is 175 Å². The van der Waals surface area contributed by atoms with Gasteiger partial charge in [-0.25, -0.2) is 4.39 Å². The van der Waals surface area contributed by atoms with Crippen LogP contribution in [-0.4, -0.2) is 30.9 Å². The second kappa shape index (κ2) is 8.74. The maximum absolute atomic E-state index is 12.9. The predicted octanol–water partition coefficient (Wildman–Crippen LogP) is 2.71. The molecule has 0 heterocycles. The molecule has 0 saturated heterocycles. The highest BCUT2D eigenvalue weighted by Crippen LogP contribution is 2.61. The standard InChI is InChI=1S/C23H29FN2O4/c24-19-3-1-15(2-4-19)12-25-21(28)14-30-22(29)13-26-20(27)11-23-8-16-5-17(9-23)7-18(6-16)10-23/h1-4,16-18H,5-14H2,(H,25,28)(H,26,27). The van der Waals surface area contributed by atoms with Crippen molar-refractivity contribution in [2.75, 3.05) is 13.2 Å². The molecule has 0 aliphatic heterocycles. The van der Waals surface area contributed by atoms with Crippen LogP contribution >= 0.6 is 0 Å². The Balaban J connectivity index is 1.13. The third-order valence-corrected chi connectivity index (χ3v) is 6.90. The zero-order valence-electron chi connectivity index (χ0n) is 17.1. The van der Waals surface area contributed by atoms with Gasteiger partial charge in [0.05, 0.1) is 0 Å². The van der Waals surface area contributed by atoms with Gasteiger partial charge >= 0.3 is 5.97 Å². The number of rotatable bonds is 8. The highest BCUT2D eigenvalue weighted by atomic mass is 19.1. The van der Waals surface area contributed by atoms with Crippen molar-refractivity contribution < 1.29 is 23.5 Å². The van der Waals surface area contributed by atoms with Crippen molar-refractivity contribution in [1.29, 1.82) is 0 Å². The van der Waals surface area contributed by atoms with Gasteiger partial charge in [-0.15, -0.1) is 0 Å². The second-order valence-corrected chi connectivity index (χ2v) is 9.43. The fourth-order valence-electron chi connectivity index (χ4n) is 6.13. The summed E-state index contributed by atoms with van der Waals surface area (Å²) in [6, 6.07) is 5.77. The molecule has 4 saturated carbocycles. The Hall–Kier alpha value is -2.44. The number of amides is 2. The van der Waals surface area contributed by atoms with Crippen molar-refractivity contribution in [1.82, 2.24) is 10.6 Å². The van der Waals surface area contributed by atoms with Gasteiger partial charge < -0.3 is 15.4 Å². The summed E-state index contributed by atoms with van der Waals surface area (Å²) >= 11 is 0. The molecule has 0 unspecified atom stereocenters. The summed E-state index contributed by atoms with van der Waals surface area (Å²) in [5.74, 6) is 0.810. The van der Waals surface area contributed by atoms with Crippen LogP contribution in [0.25, 0.3) is 0 Å². The third-order valence-electron chi connectivity index (χ3n) is 6.90. The smallest absolute Gasteiger partial charge is 0.325 e. The normalized spacial score (nSPS) is 28.8. The van der Waals surface area contributed by atoms with E-state index in [0.29, 0.717) is 6.42 Å². The molecule has 4 aliphatic carbocycles. The number of esters is 1. The predicted molar refractivity (Wildman–Crippen MR) is 107 cm³/mol. The molecule has 30 heavy (non-hydrogen) atoms. The lowest BCUT2D eigenvalue weighted by Gasteiger charge is -2.56. The minimum Gasteiger partial charge on any atom is -0.454 e. The van der Waals surface area contributed by atoms with Crippen LogP contribution in [0.15, 0.2) is 24.3 Å². The molecule has 7 heteroatoms. The Morgan fingerprint density at radius 1 is 0.933 bits per heavy atom. The lowest BCUT2D eigenvalue weighted by Crippen LogP contribution is -2.48. The summed E-state index contributed by atoms with van der Waals surface area (Å²) in [6.07, 6.45) is 7.91. The van der Waals surface area contributed by atoms with E-state index in [4.69, 9.17) is 4.74 Å². The molecule has 5 rings (SSSR count). The number of benzene rings is 1. The molecule has 6 nitrogen and oxygen atoms in total. The number of hydrogen-bond donors (Lipinski definition) is 2. The van der Waals surface area contributed by atoms with Gasteiger partial charge in [-0.3, -0.25) is 14.4 Å². The number of nitrogens with one attached hydrogen (secondary N) is 2. The summed E-state index contributed by atoms with van der Waals surface area (Å²) in [5.41, 5.74) is 0.871. The molecule has 0 atom stereocenters. The second-order valence-electron chi connectivity index (χ2n) is 9.43. The fraction of sp³-hybridized carbons (Fsp3) is 0.609. The van der Waals surface area contributed by atoms with Crippen LogP contribution in [0.3, 0.4) is 0 Å². The van der Waals surface area contributed by atoms with Gasteiger partial charge in [0.25, 0.3) is 5.91 Å². The molecule has 1 aromatic carbocycles. The highest BCUT2D eigenvalue weighted by molar-refractivity contribution is 5.84.